The molecule has 1 heterocycles. The van der Waals surface area contributed by atoms with E-state index in [4.69, 9.17) is 15.2 Å². The van der Waals surface area contributed by atoms with Crippen LogP contribution in [0.15, 0.2) is 55.1 Å². The van der Waals surface area contributed by atoms with Gasteiger partial charge in [0.05, 0.1) is 12.6 Å². The fourth-order valence-corrected chi connectivity index (χ4v) is 5.85. The van der Waals surface area contributed by atoms with E-state index in [1.165, 1.54) is 20.2 Å². The van der Waals surface area contributed by atoms with Crippen molar-refractivity contribution in [2.75, 3.05) is 33.9 Å². The molecule has 184 valence electrons. The first-order valence-corrected chi connectivity index (χ1v) is 11.9. The summed E-state index contributed by atoms with van der Waals surface area (Å²) in [4.78, 5) is 13.6. The Morgan fingerprint density at radius 3 is 2.56 bits per heavy atom. The lowest BCUT2D eigenvalue weighted by atomic mass is 9.89. The first-order valence-electron chi connectivity index (χ1n) is 10.4. The molecule has 2 aromatic carbocycles. The van der Waals surface area contributed by atoms with Gasteiger partial charge >= 0.3 is 6.09 Å². The molecule has 0 bridgehead atoms. The molecular weight excluding hydrogens is 468 g/mol. The molecule has 1 fully saturated rings. The van der Waals surface area contributed by atoms with Crippen molar-refractivity contribution in [2.45, 2.75) is 17.3 Å². The van der Waals surface area contributed by atoms with Gasteiger partial charge in [0.25, 0.3) is 0 Å². The molecule has 2 aromatic rings. The van der Waals surface area contributed by atoms with Gasteiger partial charge in [-0.3, -0.25) is 0 Å². The van der Waals surface area contributed by atoms with Crippen LogP contribution in [-0.4, -0.2) is 62.8 Å². The standard InChI is InChI=1S/C23H27F2N3O5S/c1-4-11-33-22(29)28-14-21(23(26,15-28)19-10-7-17(24)12-20(19)25)34(30,31)27(2)13-16-5-8-18(32-3)9-6-16/h4-10,12,21H,1,11,13-15,26H2,2-3H3/t21-,23-/m1/s1. The highest BCUT2D eigenvalue weighted by Gasteiger charge is 2.55. The van der Waals surface area contributed by atoms with Gasteiger partial charge < -0.3 is 20.1 Å². The number of benzene rings is 2. The van der Waals surface area contributed by atoms with Crippen LogP contribution in [0.25, 0.3) is 0 Å². The first kappa shape index (κ1) is 25.6. The number of ether oxygens (including phenoxy) is 2. The molecule has 0 unspecified atom stereocenters. The van der Waals surface area contributed by atoms with Gasteiger partial charge in [-0.25, -0.2) is 26.3 Å². The Hall–Kier alpha value is -3.02. The number of hydrogen-bond donors (Lipinski definition) is 1. The van der Waals surface area contributed by atoms with Gasteiger partial charge in [0, 0.05) is 38.3 Å². The molecule has 1 saturated heterocycles. The van der Waals surface area contributed by atoms with Gasteiger partial charge in [0.2, 0.25) is 10.0 Å². The van der Waals surface area contributed by atoms with E-state index >= 15 is 0 Å². The lowest BCUT2D eigenvalue weighted by Crippen LogP contribution is -2.54. The van der Waals surface area contributed by atoms with Gasteiger partial charge in [-0.15, -0.1) is 0 Å². The number of rotatable bonds is 8. The van der Waals surface area contributed by atoms with E-state index in [0.29, 0.717) is 17.4 Å². The van der Waals surface area contributed by atoms with Crippen LogP contribution >= 0.6 is 0 Å². The van der Waals surface area contributed by atoms with Gasteiger partial charge in [0.1, 0.15) is 29.2 Å². The quantitative estimate of drug-likeness (QED) is 0.565. The molecule has 0 saturated carbocycles. The SMILES string of the molecule is C=CCOC(=O)N1C[C@@H](S(=O)(=O)N(C)Cc2ccc(OC)cc2)[C@](N)(c2ccc(F)cc2F)C1. The molecule has 0 aliphatic carbocycles. The summed E-state index contributed by atoms with van der Waals surface area (Å²) in [5, 5.41) is -1.42. The van der Waals surface area contributed by atoms with Crippen LogP contribution in [-0.2, 0) is 26.8 Å². The van der Waals surface area contributed by atoms with Crippen LogP contribution in [0.1, 0.15) is 11.1 Å². The predicted octanol–water partition coefficient (Wildman–Crippen LogP) is 2.60. The lowest BCUT2D eigenvalue weighted by molar-refractivity contribution is 0.119. The highest BCUT2D eigenvalue weighted by atomic mass is 32.2. The average Bonchev–Trinajstić information content (AvgIpc) is 3.17. The second-order valence-electron chi connectivity index (χ2n) is 8.05. The van der Waals surface area contributed by atoms with Crippen molar-refractivity contribution in [2.24, 2.45) is 5.73 Å². The van der Waals surface area contributed by atoms with E-state index in [-0.39, 0.29) is 31.8 Å². The number of hydrogen-bond acceptors (Lipinski definition) is 6. The number of carbonyl (C=O) groups is 1. The van der Waals surface area contributed by atoms with Crippen molar-refractivity contribution >= 4 is 16.1 Å². The summed E-state index contributed by atoms with van der Waals surface area (Å²) in [6, 6.07) is 9.56. The number of halogens is 2. The molecular formula is C23H27F2N3O5S. The van der Waals surface area contributed by atoms with E-state index in [1.807, 2.05) is 0 Å². The summed E-state index contributed by atoms with van der Waals surface area (Å²) in [7, 11) is -1.28. The van der Waals surface area contributed by atoms with Crippen LogP contribution in [0, 0.1) is 11.6 Å². The Labute approximate surface area is 197 Å². The number of methoxy groups -OCH3 is 1. The third-order valence-corrected chi connectivity index (χ3v) is 8.07. The maximum atomic E-state index is 14.8. The zero-order valence-electron chi connectivity index (χ0n) is 18.9. The third kappa shape index (κ3) is 5.06. The van der Waals surface area contributed by atoms with Crippen molar-refractivity contribution in [3.63, 3.8) is 0 Å². The van der Waals surface area contributed by atoms with Gasteiger partial charge in [0.15, 0.2) is 0 Å². The molecule has 11 heteroatoms. The minimum Gasteiger partial charge on any atom is -0.497 e. The van der Waals surface area contributed by atoms with Crippen molar-refractivity contribution in [3.05, 3.63) is 77.9 Å². The fourth-order valence-electron chi connectivity index (χ4n) is 3.99. The van der Waals surface area contributed by atoms with E-state index < -0.39 is 38.5 Å². The lowest BCUT2D eigenvalue weighted by Gasteiger charge is -2.33. The van der Waals surface area contributed by atoms with Gasteiger partial charge in [-0.2, -0.15) is 0 Å². The minimum absolute atomic E-state index is 0.00567. The van der Waals surface area contributed by atoms with E-state index in [0.717, 1.165) is 21.3 Å². The van der Waals surface area contributed by atoms with E-state index in [9.17, 15) is 22.0 Å². The van der Waals surface area contributed by atoms with Crippen LogP contribution in [0.5, 0.6) is 5.75 Å². The molecule has 0 spiro atoms. The smallest absolute Gasteiger partial charge is 0.410 e. The maximum Gasteiger partial charge on any atom is 0.410 e. The molecule has 0 aromatic heterocycles. The Morgan fingerprint density at radius 2 is 1.97 bits per heavy atom. The van der Waals surface area contributed by atoms with Crippen molar-refractivity contribution in [1.29, 1.82) is 0 Å². The summed E-state index contributed by atoms with van der Waals surface area (Å²) in [6.07, 6.45) is 0.549. The number of amides is 1. The third-order valence-electron chi connectivity index (χ3n) is 5.79. The van der Waals surface area contributed by atoms with Crippen LogP contribution in [0.2, 0.25) is 0 Å². The van der Waals surface area contributed by atoms with Crippen molar-refractivity contribution < 1.29 is 31.5 Å². The van der Waals surface area contributed by atoms with E-state index in [2.05, 4.69) is 6.58 Å². The normalized spacial score (nSPS) is 20.4. The highest BCUT2D eigenvalue weighted by Crippen LogP contribution is 2.37. The average molecular weight is 496 g/mol. The monoisotopic (exact) mass is 495 g/mol. The molecule has 2 atom stereocenters. The molecule has 3 rings (SSSR count). The van der Waals surface area contributed by atoms with Crippen molar-refractivity contribution in [1.82, 2.24) is 9.21 Å². The molecule has 34 heavy (non-hydrogen) atoms. The summed E-state index contributed by atoms with van der Waals surface area (Å²) in [5.41, 5.74) is 5.16. The topological polar surface area (TPSA) is 102 Å². The second kappa shape index (κ2) is 10.1. The number of nitrogens with zero attached hydrogens (tertiary/aromatic N) is 2. The largest absolute Gasteiger partial charge is 0.497 e. The molecule has 0 radical (unpaired) electrons. The Balaban J connectivity index is 1.97. The van der Waals surface area contributed by atoms with Crippen LogP contribution in [0.3, 0.4) is 0 Å². The first-order chi connectivity index (χ1) is 16.0. The number of carbonyl (C=O) groups excluding carboxylic acids is 1. The molecule has 2 N–H and O–H groups in total. The molecule has 1 aliphatic heterocycles. The van der Waals surface area contributed by atoms with Gasteiger partial charge in [-0.05, 0) is 23.8 Å². The van der Waals surface area contributed by atoms with Crippen LogP contribution < -0.4 is 10.5 Å². The number of sulfonamides is 1. The predicted molar refractivity (Wildman–Crippen MR) is 123 cm³/mol. The summed E-state index contributed by atoms with van der Waals surface area (Å²) in [6.45, 7) is 2.71. The van der Waals surface area contributed by atoms with Crippen molar-refractivity contribution in [3.8, 4) is 5.75 Å². The zero-order chi connectivity index (χ0) is 25.1. The highest BCUT2D eigenvalue weighted by molar-refractivity contribution is 7.89. The Morgan fingerprint density at radius 1 is 1.29 bits per heavy atom. The Bertz CT molecular complexity index is 1160. The molecule has 1 aliphatic rings. The molecule has 1 amide bonds. The minimum atomic E-state index is -4.18. The Kier molecular flexibility index (Phi) is 7.59. The maximum absolute atomic E-state index is 14.8. The summed E-state index contributed by atoms with van der Waals surface area (Å²) < 4.78 is 66.8. The fraction of sp³-hybridized carbons (Fsp3) is 0.348. The molecule has 8 nitrogen and oxygen atoms in total. The number of likely N-dealkylation sites (tertiary alicyclic amines) is 1. The second-order valence-corrected chi connectivity index (χ2v) is 10.3. The van der Waals surface area contributed by atoms with Gasteiger partial charge in [-0.1, -0.05) is 30.9 Å². The summed E-state index contributed by atoms with van der Waals surface area (Å²) in [5.74, 6) is -1.21. The summed E-state index contributed by atoms with van der Waals surface area (Å²) >= 11 is 0. The number of nitrogens with two attached hydrogens (primary N) is 1. The zero-order valence-corrected chi connectivity index (χ0v) is 19.7. The van der Waals surface area contributed by atoms with Crippen LogP contribution in [0.4, 0.5) is 13.6 Å². The van der Waals surface area contributed by atoms with E-state index in [1.54, 1.807) is 24.3 Å².